The van der Waals surface area contributed by atoms with Crippen LogP contribution in [0.3, 0.4) is 0 Å². The molecule has 31 heavy (non-hydrogen) atoms. The van der Waals surface area contributed by atoms with E-state index >= 15 is 0 Å². The number of rotatable bonds is 7. The van der Waals surface area contributed by atoms with Gasteiger partial charge in [0.1, 0.15) is 11.6 Å². The van der Waals surface area contributed by atoms with Crippen LogP contribution in [0.5, 0.6) is 5.75 Å². The van der Waals surface area contributed by atoms with Gasteiger partial charge in [-0.1, -0.05) is 60.7 Å². The second-order valence-corrected chi connectivity index (χ2v) is 7.28. The molecule has 6 heteroatoms. The van der Waals surface area contributed by atoms with E-state index < -0.39 is 6.10 Å². The van der Waals surface area contributed by atoms with Crippen molar-refractivity contribution in [2.24, 2.45) is 0 Å². The summed E-state index contributed by atoms with van der Waals surface area (Å²) in [6.45, 7) is 2.26. The molecular formula is C25H23N3O3. The Labute approximate surface area is 180 Å². The van der Waals surface area contributed by atoms with Crippen molar-refractivity contribution in [3.05, 3.63) is 107 Å². The fourth-order valence-corrected chi connectivity index (χ4v) is 3.42. The molecular weight excluding hydrogens is 390 g/mol. The number of nitrogens with one attached hydrogen (secondary N) is 1. The summed E-state index contributed by atoms with van der Waals surface area (Å²) in [5, 5.41) is 0.521. The number of benzene rings is 3. The normalized spacial score (nSPS) is 11.8. The summed E-state index contributed by atoms with van der Waals surface area (Å²) in [6, 6.07) is 26.1. The lowest BCUT2D eigenvalue weighted by molar-refractivity contribution is -0.139. The molecule has 4 rings (SSSR count). The van der Waals surface area contributed by atoms with Gasteiger partial charge >= 0.3 is 0 Å². The van der Waals surface area contributed by atoms with Crippen LogP contribution in [-0.2, 0) is 17.9 Å². The summed E-state index contributed by atoms with van der Waals surface area (Å²) < 4.78 is 5.84. The zero-order chi connectivity index (χ0) is 21.6. The molecule has 0 aliphatic heterocycles. The molecule has 1 heterocycles. The van der Waals surface area contributed by atoms with Gasteiger partial charge in [-0.3, -0.25) is 9.59 Å². The maximum atomic E-state index is 13.3. The van der Waals surface area contributed by atoms with Gasteiger partial charge in [-0.15, -0.1) is 0 Å². The molecule has 156 valence electrons. The van der Waals surface area contributed by atoms with Crippen molar-refractivity contribution in [1.82, 2.24) is 14.9 Å². The Hall–Kier alpha value is -3.93. The first-order valence-corrected chi connectivity index (χ1v) is 10.1. The fraction of sp³-hybridized carbons (Fsp3) is 0.160. The van der Waals surface area contributed by atoms with Crippen LogP contribution in [0.4, 0.5) is 0 Å². The van der Waals surface area contributed by atoms with Crippen LogP contribution in [0.1, 0.15) is 18.3 Å². The van der Waals surface area contributed by atoms with Gasteiger partial charge in [0.15, 0.2) is 6.10 Å². The second kappa shape index (κ2) is 9.26. The first-order valence-electron chi connectivity index (χ1n) is 10.1. The molecule has 0 bridgehead atoms. The molecule has 1 amide bonds. The molecule has 4 aromatic rings. The van der Waals surface area contributed by atoms with E-state index in [1.165, 1.54) is 0 Å². The van der Waals surface area contributed by atoms with Gasteiger partial charge in [0.2, 0.25) is 0 Å². The van der Waals surface area contributed by atoms with Crippen LogP contribution in [0.2, 0.25) is 0 Å². The lowest BCUT2D eigenvalue weighted by Gasteiger charge is -2.26. The highest BCUT2D eigenvalue weighted by atomic mass is 16.5. The Morgan fingerprint density at radius 1 is 0.935 bits per heavy atom. The molecule has 0 spiro atoms. The molecule has 0 saturated carbocycles. The van der Waals surface area contributed by atoms with E-state index in [2.05, 4.69) is 9.97 Å². The number of para-hydroxylation sites is 2. The second-order valence-electron chi connectivity index (χ2n) is 7.28. The van der Waals surface area contributed by atoms with Crippen molar-refractivity contribution in [2.45, 2.75) is 26.1 Å². The number of aromatic amines is 1. The quantitative estimate of drug-likeness (QED) is 0.498. The summed E-state index contributed by atoms with van der Waals surface area (Å²) in [5.74, 6) is 0.864. The van der Waals surface area contributed by atoms with Gasteiger partial charge in [0, 0.05) is 6.54 Å². The van der Waals surface area contributed by atoms with E-state index in [-0.39, 0.29) is 18.0 Å². The van der Waals surface area contributed by atoms with Crippen molar-refractivity contribution >= 4 is 16.8 Å². The van der Waals surface area contributed by atoms with Crippen molar-refractivity contribution in [2.75, 3.05) is 0 Å². The monoisotopic (exact) mass is 413 g/mol. The number of carbonyl (C=O) groups is 1. The smallest absolute Gasteiger partial charge is 0.264 e. The minimum Gasteiger partial charge on any atom is -0.481 e. The Balaban J connectivity index is 1.61. The maximum absolute atomic E-state index is 13.3. The van der Waals surface area contributed by atoms with E-state index in [0.29, 0.717) is 29.0 Å². The molecule has 0 fully saturated rings. The number of aromatic nitrogens is 2. The number of hydrogen-bond donors (Lipinski definition) is 1. The number of amides is 1. The van der Waals surface area contributed by atoms with Crippen LogP contribution in [0, 0.1) is 0 Å². The summed E-state index contributed by atoms with van der Waals surface area (Å²) in [7, 11) is 0. The number of carbonyl (C=O) groups excluding carboxylic acids is 1. The van der Waals surface area contributed by atoms with Gasteiger partial charge in [-0.25, -0.2) is 4.98 Å². The average Bonchev–Trinajstić information content (AvgIpc) is 2.79. The van der Waals surface area contributed by atoms with E-state index in [0.717, 1.165) is 5.56 Å². The molecule has 0 saturated heterocycles. The molecule has 3 aromatic carbocycles. The molecule has 1 N–H and O–H groups in total. The summed E-state index contributed by atoms with van der Waals surface area (Å²) >= 11 is 0. The minimum absolute atomic E-state index is 0.163. The molecule has 1 aromatic heterocycles. The Kier molecular flexibility index (Phi) is 6.08. The van der Waals surface area contributed by atoms with E-state index in [1.54, 1.807) is 30.0 Å². The number of ether oxygens (including phenoxy) is 1. The molecule has 1 unspecified atom stereocenters. The highest BCUT2D eigenvalue weighted by Gasteiger charge is 2.23. The number of fused-ring (bicyclic) bond motifs is 1. The van der Waals surface area contributed by atoms with E-state index in [1.807, 2.05) is 66.7 Å². The number of hydrogen-bond acceptors (Lipinski definition) is 4. The third-order valence-corrected chi connectivity index (χ3v) is 4.93. The lowest BCUT2D eigenvalue weighted by Crippen LogP contribution is -2.40. The third kappa shape index (κ3) is 4.98. The maximum Gasteiger partial charge on any atom is 0.264 e. The Morgan fingerprint density at radius 2 is 1.58 bits per heavy atom. The lowest BCUT2D eigenvalue weighted by atomic mass is 10.2. The summed E-state index contributed by atoms with van der Waals surface area (Å²) in [5.41, 5.74) is 1.36. The van der Waals surface area contributed by atoms with Crippen LogP contribution in [0.15, 0.2) is 89.7 Å². The van der Waals surface area contributed by atoms with E-state index in [9.17, 15) is 9.59 Å². The molecule has 0 radical (unpaired) electrons. The zero-order valence-corrected chi connectivity index (χ0v) is 17.2. The number of nitrogens with zero attached hydrogens (tertiary/aromatic N) is 2. The Bertz CT molecular complexity index is 1220. The largest absolute Gasteiger partial charge is 0.481 e. The summed E-state index contributed by atoms with van der Waals surface area (Å²) in [6.07, 6.45) is -0.696. The standard InChI is InChI=1S/C25H23N3O3/c1-18(31-20-12-6-3-7-13-20)25(30)28(16-19-10-4-2-5-11-19)17-23-26-22-15-9-8-14-21(22)24(29)27-23/h2-15,18H,16-17H2,1H3,(H,26,27,29). The summed E-state index contributed by atoms with van der Waals surface area (Å²) in [4.78, 5) is 34.8. The van der Waals surface area contributed by atoms with Crippen LogP contribution in [0.25, 0.3) is 10.9 Å². The average molecular weight is 413 g/mol. The highest BCUT2D eigenvalue weighted by molar-refractivity contribution is 5.81. The topological polar surface area (TPSA) is 75.3 Å². The van der Waals surface area contributed by atoms with Crippen LogP contribution in [-0.4, -0.2) is 26.9 Å². The highest BCUT2D eigenvalue weighted by Crippen LogP contribution is 2.15. The van der Waals surface area contributed by atoms with Crippen LogP contribution < -0.4 is 10.3 Å². The first kappa shape index (κ1) is 20.3. The van der Waals surface area contributed by atoms with Gasteiger partial charge in [-0.2, -0.15) is 0 Å². The molecule has 0 aliphatic rings. The molecule has 6 nitrogen and oxygen atoms in total. The van der Waals surface area contributed by atoms with Crippen molar-refractivity contribution < 1.29 is 9.53 Å². The van der Waals surface area contributed by atoms with E-state index in [4.69, 9.17) is 4.74 Å². The number of H-pyrrole nitrogens is 1. The van der Waals surface area contributed by atoms with Gasteiger partial charge in [0.05, 0.1) is 17.4 Å². The van der Waals surface area contributed by atoms with Crippen molar-refractivity contribution in [3.8, 4) is 5.75 Å². The van der Waals surface area contributed by atoms with Gasteiger partial charge in [0.25, 0.3) is 11.5 Å². The minimum atomic E-state index is -0.696. The van der Waals surface area contributed by atoms with Gasteiger partial charge in [-0.05, 0) is 36.8 Å². The Morgan fingerprint density at radius 3 is 2.32 bits per heavy atom. The van der Waals surface area contributed by atoms with Crippen molar-refractivity contribution in [3.63, 3.8) is 0 Å². The van der Waals surface area contributed by atoms with Crippen LogP contribution >= 0.6 is 0 Å². The first-order chi connectivity index (χ1) is 15.1. The zero-order valence-electron chi connectivity index (χ0n) is 17.2. The predicted molar refractivity (Wildman–Crippen MR) is 120 cm³/mol. The van der Waals surface area contributed by atoms with Crippen molar-refractivity contribution in [1.29, 1.82) is 0 Å². The molecule has 1 atom stereocenters. The molecule has 0 aliphatic carbocycles. The fourth-order valence-electron chi connectivity index (χ4n) is 3.42. The third-order valence-electron chi connectivity index (χ3n) is 4.93. The predicted octanol–water partition coefficient (Wildman–Crippen LogP) is 3.92. The SMILES string of the molecule is CC(Oc1ccccc1)C(=O)N(Cc1ccccc1)Cc1nc2ccccc2c(=O)[nH]1. The van der Waals surface area contributed by atoms with Gasteiger partial charge < -0.3 is 14.6 Å².